The van der Waals surface area contributed by atoms with E-state index in [1.165, 1.54) is 0 Å². The van der Waals surface area contributed by atoms with E-state index in [1.807, 2.05) is 66.4 Å². The molecule has 0 spiro atoms. The molecule has 1 heterocycles. The average molecular weight is 252 g/mol. The lowest BCUT2D eigenvalue weighted by atomic mass is 10.1. The summed E-state index contributed by atoms with van der Waals surface area (Å²) in [6.45, 7) is 2.51. The molecule has 0 radical (unpaired) electrons. The highest BCUT2D eigenvalue weighted by Crippen LogP contribution is 2.32. The van der Waals surface area contributed by atoms with Crippen molar-refractivity contribution in [2.75, 3.05) is 10.2 Å². The normalized spacial score (nSPS) is 17.8. The summed E-state index contributed by atoms with van der Waals surface area (Å²) in [6, 6.07) is 17.8. The summed E-state index contributed by atoms with van der Waals surface area (Å²) in [5.74, 6) is 0.113. The Morgan fingerprint density at radius 3 is 2.53 bits per heavy atom. The van der Waals surface area contributed by atoms with Gasteiger partial charge in [0.2, 0.25) is 5.91 Å². The molecule has 96 valence electrons. The minimum Gasteiger partial charge on any atom is -0.372 e. The molecule has 0 saturated heterocycles. The number of nitrogens with one attached hydrogen (secondary N) is 1. The molecule has 1 aliphatic heterocycles. The van der Waals surface area contributed by atoms with Gasteiger partial charge in [0.1, 0.15) is 6.04 Å². The number of rotatable bonds is 2. The van der Waals surface area contributed by atoms with Crippen LogP contribution in [-0.4, -0.2) is 11.9 Å². The van der Waals surface area contributed by atoms with Crippen molar-refractivity contribution in [1.82, 2.24) is 0 Å². The first-order valence-electron chi connectivity index (χ1n) is 6.46. The number of fused-ring (bicyclic) bond motifs is 1. The van der Waals surface area contributed by atoms with E-state index in [2.05, 4.69) is 5.32 Å². The van der Waals surface area contributed by atoms with Crippen molar-refractivity contribution >= 4 is 17.3 Å². The lowest BCUT2D eigenvalue weighted by Crippen LogP contribution is -2.45. The molecule has 0 unspecified atom stereocenters. The molecular weight excluding hydrogens is 236 g/mol. The number of hydrogen-bond acceptors (Lipinski definition) is 2. The Morgan fingerprint density at radius 1 is 1.05 bits per heavy atom. The molecule has 1 amide bonds. The van der Waals surface area contributed by atoms with Gasteiger partial charge in [0.15, 0.2) is 0 Å². The molecule has 19 heavy (non-hydrogen) atoms. The van der Waals surface area contributed by atoms with Gasteiger partial charge in [-0.25, -0.2) is 0 Å². The first-order valence-corrected chi connectivity index (χ1v) is 6.46. The summed E-state index contributed by atoms with van der Waals surface area (Å²) in [7, 11) is 0. The summed E-state index contributed by atoms with van der Waals surface area (Å²) in [6.07, 6.45) is 0. The van der Waals surface area contributed by atoms with Gasteiger partial charge >= 0.3 is 0 Å². The first kappa shape index (κ1) is 11.8. The van der Waals surface area contributed by atoms with Crippen molar-refractivity contribution in [3.8, 4) is 0 Å². The van der Waals surface area contributed by atoms with Crippen molar-refractivity contribution in [3.05, 3.63) is 60.2 Å². The SMILES string of the molecule is C[C@H]1Nc2ccccc2N(Cc2ccccc2)C1=O. The van der Waals surface area contributed by atoms with E-state index in [4.69, 9.17) is 0 Å². The molecule has 1 atom stereocenters. The Balaban J connectivity index is 1.97. The lowest BCUT2D eigenvalue weighted by molar-refractivity contribution is -0.119. The second kappa shape index (κ2) is 4.76. The number of carbonyl (C=O) groups excluding carboxylic acids is 1. The fraction of sp³-hybridized carbons (Fsp3) is 0.188. The number of nitrogens with zero attached hydrogens (tertiary/aromatic N) is 1. The molecule has 3 heteroatoms. The van der Waals surface area contributed by atoms with E-state index in [0.717, 1.165) is 16.9 Å². The lowest BCUT2D eigenvalue weighted by Gasteiger charge is -2.34. The molecule has 0 fully saturated rings. The number of hydrogen-bond donors (Lipinski definition) is 1. The smallest absolute Gasteiger partial charge is 0.249 e. The minimum atomic E-state index is -0.182. The minimum absolute atomic E-state index is 0.113. The molecule has 0 saturated carbocycles. The molecule has 1 aliphatic rings. The summed E-state index contributed by atoms with van der Waals surface area (Å²) in [5.41, 5.74) is 3.11. The van der Waals surface area contributed by atoms with E-state index in [9.17, 15) is 4.79 Å². The number of benzene rings is 2. The van der Waals surface area contributed by atoms with Crippen molar-refractivity contribution in [1.29, 1.82) is 0 Å². The first-order chi connectivity index (χ1) is 9.25. The Morgan fingerprint density at radius 2 is 1.74 bits per heavy atom. The van der Waals surface area contributed by atoms with Gasteiger partial charge in [-0.1, -0.05) is 42.5 Å². The van der Waals surface area contributed by atoms with Gasteiger partial charge in [0, 0.05) is 0 Å². The van der Waals surface area contributed by atoms with Crippen LogP contribution in [-0.2, 0) is 11.3 Å². The summed E-state index contributed by atoms with van der Waals surface area (Å²) in [5, 5.41) is 3.23. The third-order valence-electron chi connectivity index (χ3n) is 3.39. The maximum Gasteiger partial charge on any atom is 0.249 e. The Bertz CT molecular complexity index is 595. The van der Waals surface area contributed by atoms with Crippen molar-refractivity contribution < 1.29 is 4.79 Å². The largest absolute Gasteiger partial charge is 0.372 e. The van der Waals surface area contributed by atoms with Crippen LogP contribution < -0.4 is 10.2 Å². The van der Waals surface area contributed by atoms with E-state index in [0.29, 0.717) is 6.54 Å². The molecular formula is C16H16N2O. The second-order valence-electron chi connectivity index (χ2n) is 4.79. The van der Waals surface area contributed by atoms with Crippen LogP contribution in [0.25, 0.3) is 0 Å². The van der Waals surface area contributed by atoms with Gasteiger partial charge in [0.05, 0.1) is 17.9 Å². The quantitative estimate of drug-likeness (QED) is 0.891. The molecule has 0 aromatic heterocycles. The Hall–Kier alpha value is -2.29. The molecule has 0 aliphatic carbocycles. The molecule has 2 aromatic carbocycles. The van der Waals surface area contributed by atoms with Gasteiger partial charge in [0.25, 0.3) is 0 Å². The fourth-order valence-corrected chi connectivity index (χ4v) is 2.41. The Labute approximate surface area is 112 Å². The van der Waals surface area contributed by atoms with E-state index >= 15 is 0 Å². The number of carbonyl (C=O) groups is 1. The van der Waals surface area contributed by atoms with Gasteiger partial charge < -0.3 is 10.2 Å². The fourth-order valence-electron chi connectivity index (χ4n) is 2.41. The average Bonchev–Trinajstić information content (AvgIpc) is 2.45. The van der Waals surface area contributed by atoms with Crippen LogP contribution in [0.1, 0.15) is 12.5 Å². The second-order valence-corrected chi connectivity index (χ2v) is 4.79. The predicted molar refractivity (Wildman–Crippen MR) is 77.2 cm³/mol. The topological polar surface area (TPSA) is 32.3 Å². The van der Waals surface area contributed by atoms with Crippen LogP contribution in [0, 0.1) is 0 Å². The molecule has 1 N–H and O–H groups in total. The van der Waals surface area contributed by atoms with Gasteiger partial charge in [-0.2, -0.15) is 0 Å². The van der Waals surface area contributed by atoms with Crippen molar-refractivity contribution in [2.24, 2.45) is 0 Å². The summed E-state index contributed by atoms with van der Waals surface area (Å²) in [4.78, 5) is 14.2. The van der Waals surface area contributed by atoms with E-state index in [-0.39, 0.29) is 11.9 Å². The summed E-state index contributed by atoms with van der Waals surface area (Å²) < 4.78 is 0. The van der Waals surface area contributed by atoms with Crippen molar-refractivity contribution in [2.45, 2.75) is 19.5 Å². The molecule has 0 bridgehead atoms. The maximum absolute atomic E-state index is 12.4. The van der Waals surface area contributed by atoms with Gasteiger partial charge in [-0.15, -0.1) is 0 Å². The monoisotopic (exact) mass is 252 g/mol. The summed E-state index contributed by atoms with van der Waals surface area (Å²) >= 11 is 0. The third-order valence-corrected chi connectivity index (χ3v) is 3.39. The number of para-hydroxylation sites is 2. The number of amides is 1. The molecule has 3 rings (SSSR count). The Kier molecular flexibility index (Phi) is 2.95. The zero-order chi connectivity index (χ0) is 13.2. The highest BCUT2D eigenvalue weighted by Gasteiger charge is 2.28. The van der Waals surface area contributed by atoms with Gasteiger partial charge in [-0.05, 0) is 24.6 Å². The zero-order valence-electron chi connectivity index (χ0n) is 10.8. The predicted octanol–water partition coefficient (Wildman–Crippen LogP) is 3.03. The molecule has 2 aromatic rings. The maximum atomic E-state index is 12.4. The van der Waals surface area contributed by atoms with Crippen molar-refractivity contribution in [3.63, 3.8) is 0 Å². The third kappa shape index (κ3) is 2.19. The van der Waals surface area contributed by atoms with Gasteiger partial charge in [-0.3, -0.25) is 4.79 Å². The van der Waals surface area contributed by atoms with Crippen LogP contribution in [0.4, 0.5) is 11.4 Å². The van der Waals surface area contributed by atoms with Crippen LogP contribution >= 0.6 is 0 Å². The van der Waals surface area contributed by atoms with Crippen LogP contribution in [0.2, 0.25) is 0 Å². The van der Waals surface area contributed by atoms with Crippen LogP contribution in [0.5, 0.6) is 0 Å². The standard InChI is InChI=1S/C16H16N2O/c1-12-16(19)18(11-13-7-3-2-4-8-13)15-10-6-5-9-14(15)17-12/h2-10,12,17H,11H2,1H3/t12-/m1/s1. The zero-order valence-corrected chi connectivity index (χ0v) is 10.8. The highest BCUT2D eigenvalue weighted by molar-refractivity contribution is 6.04. The highest BCUT2D eigenvalue weighted by atomic mass is 16.2. The van der Waals surface area contributed by atoms with E-state index in [1.54, 1.807) is 0 Å². The van der Waals surface area contributed by atoms with E-state index < -0.39 is 0 Å². The molecule has 3 nitrogen and oxygen atoms in total. The van der Waals surface area contributed by atoms with Crippen LogP contribution in [0.3, 0.4) is 0 Å². The number of anilines is 2. The van der Waals surface area contributed by atoms with Crippen LogP contribution in [0.15, 0.2) is 54.6 Å².